The molecule has 0 unspecified atom stereocenters. The van der Waals surface area contributed by atoms with Crippen molar-refractivity contribution in [3.8, 4) is 0 Å². The van der Waals surface area contributed by atoms with E-state index in [1.807, 2.05) is 0 Å². The lowest BCUT2D eigenvalue weighted by Crippen LogP contribution is -2.46. The minimum atomic E-state index is -0.757. The first-order valence-electron chi connectivity index (χ1n) is 7.57. The molecule has 2 rings (SSSR count). The minimum Gasteiger partial charge on any atom is -0.452 e. The number of esters is 1. The summed E-state index contributed by atoms with van der Waals surface area (Å²) in [6.45, 7) is -0.575. The number of imide groups is 1. The highest BCUT2D eigenvalue weighted by Crippen LogP contribution is 2.17. The van der Waals surface area contributed by atoms with Crippen molar-refractivity contribution in [3.05, 3.63) is 35.6 Å². The van der Waals surface area contributed by atoms with Crippen LogP contribution in [0.1, 0.15) is 42.5 Å². The van der Waals surface area contributed by atoms with Gasteiger partial charge in [0.05, 0.1) is 5.56 Å². The summed E-state index contributed by atoms with van der Waals surface area (Å²) < 4.78 is 17.5. The maximum atomic E-state index is 12.7. The first-order valence-corrected chi connectivity index (χ1v) is 7.57. The summed E-state index contributed by atoms with van der Waals surface area (Å²) in [5.41, 5.74) is 0.130. The van der Waals surface area contributed by atoms with Gasteiger partial charge in [-0.15, -0.1) is 0 Å². The normalized spacial score (nSPS) is 14.8. The van der Waals surface area contributed by atoms with Gasteiger partial charge in [0.15, 0.2) is 6.61 Å². The predicted molar refractivity (Wildman–Crippen MR) is 80.2 cm³/mol. The molecule has 0 heterocycles. The highest BCUT2D eigenvalue weighted by atomic mass is 19.1. The van der Waals surface area contributed by atoms with E-state index in [1.165, 1.54) is 12.1 Å². The summed E-state index contributed by atoms with van der Waals surface area (Å²) in [4.78, 5) is 34.9. The Bertz CT molecular complexity index is 568. The van der Waals surface area contributed by atoms with Crippen molar-refractivity contribution >= 4 is 17.9 Å². The zero-order valence-corrected chi connectivity index (χ0v) is 12.6. The first kappa shape index (κ1) is 16.9. The summed E-state index contributed by atoms with van der Waals surface area (Å²) in [5, 5.41) is 4.84. The fourth-order valence-electron chi connectivity index (χ4n) is 2.43. The Morgan fingerprint density at radius 2 is 1.74 bits per heavy atom. The molecule has 1 fully saturated rings. The minimum absolute atomic E-state index is 0.0818. The Kier molecular flexibility index (Phi) is 6.08. The fourth-order valence-corrected chi connectivity index (χ4v) is 2.43. The van der Waals surface area contributed by atoms with E-state index in [0.717, 1.165) is 44.2 Å². The Hall–Kier alpha value is -2.44. The third-order valence-electron chi connectivity index (χ3n) is 3.61. The van der Waals surface area contributed by atoms with Gasteiger partial charge in [-0.2, -0.15) is 0 Å². The fraction of sp³-hybridized carbons (Fsp3) is 0.438. The van der Waals surface area contributed by atoms with Crippen LogP contribution >= 0.6 is 0 Å². The van der Waals surface area contributed by atoms with Crippen LogP contribution in [-0.2, 0) is 9.53 Å². The second-order valence-electron chi connectivity index (χ2n) is 5.44. The number of amides is 3. The summed E-state index contributed by atoms with van der Waals surface area (Å²) in [6, 6.07) is 4.25. The van der Waals surface area contributed by atoms with Crippen molar-refractivity contribution in [2.75, 3.05) is 6.61 Å². The molecule has 0 aromatic heterocycles. The number of hydrogen-bond donors (Lipinski definition) is 2. The largest absolute Gasteiger partial charge is 0.452 e. The predicted octanol–water partition coefficient (Wildman–Crippen LogP) is 2.14. The average Bonchev–Trinajstić information content (AvgIpc) is 2.54. The van der Waals surface area contributed by atoms with E-state index < -0.39 is 30.3 Å². The van der Waals surface area contributed by atoms with Crippen LogP contribution < -0.4 is 10.6 Å². The van der Waals surface area contributed by atoms with Crippen LogP contribution in [0, 0.1) is 5.82 Å². The molecule has 3 amide bonds. The highest BCUT2D eigenvalue weighted by molar-refractivity contribution is 5.97. The number of ether oxygens (including phenoxy) is 1. The molecule has 1 aliphatic rings. The monoisotopic (exact) mass is 322 g/mol. The number of carbonyl (C=O) groups excluding carboxylic acids is 3. The maximum Gasteiger partial charge on any atom is 0.338 e. The van der Waals surface area contributed by atoms with Gasteiger partial charge in [-0.05, 0) is 37.1 Å². The Balaban J connectivity index is 1.70. The number of nitrogens with one attached hydrogen (secondary N) is 2. The van der Waals surface area contributed by atoms with E-state index in [1.54, 1.807) is 0 Å². The van der Waals surface area contributed by atoms with Crippen LogP contribution in [0.4, 0.5) is 9.18 Å². The number of halogens is 1. The average molecular weight is 322 g/mol. The standard InChI is InChI=1S/C16H19FN2O4/c17-12-8-6-11(7-9-12)15(21)23-10-14(20)19-16(22)18-13-4-2-1-3-5-13/h6-9,13H,1-5,10H2,(H2,18,19,20,22). The van der Waals surface area contributed by atoms with Crippen molar-refractivity contribution in [3.63, 3.8) is 0 Å². The van der Waals surface area contributed by atoms with Gasteiger partial charge in [0.2, 0.25) is 0 Å². The van der Waals surface area contributed by atoms with Crippen LogP contribution in [-0.4, -0.2) is 30.6 Å². The highest BCUT2D eigenvalue weighted by Gasteiger charge is 2.17. The summed E-state index contributed by atoms with van der Waals surface area (Å²) in [6.07, 6.45) is 5.10. The van der Waals surface area contributed by atoms with Gasteiger partial charge in [-0.1, -0.05) is 19.3 Å². The van der Waals surface area contributed by atoms with Crippen molar-refractivity contribution in [1.82, 2.24) is 10.6 Å². The molecule has 0 saturated heterocycles. The topological polar surface area (TPSA) is 84.5 Å². The summed E-state index contributed by atoms with van der Waals surface area (Å²) >= 11 is 0. The molecule has 7 heteroatoms. The van der Waals surface area contributed by atoms with Gasteiger partial charge >= 0.3 is 12.0 Å². The van der Waals surface area contributed by atoms with E-state index in [4.69, 9.17) is 4.74 Å². The van der Waals surface area contributed by atoms with Gasteiger partial charge in [0, 0.05) is 6.04 Å². The number of rotatable bonds is 4. The van der Waals surface area contributed by atoms with Crippen LogP contribution in [0.25, 0.3) is 0 Å². The molecule has 23 heavy (non-hydrogen) atoms. The Morgan fingerprint density at radius 1 is 1.09 bits per heavy atom. The van der Waals surface area contributed by atoms with Gasteiger partial charge < -0.3 is 10.1 Å². The van der Waals surface area contributed by atoms with E-state index in [-0.39, 0.29) is 11.6 Å². The molecule has 1 aromatic carbocycles. The second kappa shape index (κ2) is 8.26. The van der Waals surface area contributed by atoms with Crippen molar-refractivity contribution < 1.29 is 23.5 Å². The zero-order chi connectivity index (χ0) is 16.7. The van der Waals surface area contributed by atoms with Crippen molar-refractivity contribution in [1.29, 1.82) is 0 Å². The lowest BCUT2D eigenvalue weighted by molar-refractivity contribution is -0.123. The van der Waals surface area contributed by atoms with Gasteiger partial charge in [0.25, 0.3) is 5.91 Å². The molecule has 0 aliphatic heterocycles. The number of carbonyl (C=O) groups is 3. The molecule has 0 atom stereocenters. The quantitative estimate of drug-likeness (QED) is 0.832. The molecule has 0 spiro atoms. The molecular weight excluding hydrogens is 303 g/mol. The maximum absolute atomic E-state index is 12.7. The Morgan fingerprint density at radius 3 is 2.39 bits per heavy atom. The summed E-state index contributed by atoms with van der Waals surface area (Å²) in [7, 11) is 0. The third kappa shape index (κ3) is 5.69. The SMILES string of the molecule is O=C(COC(=O)c1ccc(F)cc1)NC(=O)NC1CCCCC1. The lowest BCUT2D eigenvalue weighted by Gasteiger charge is -2.22. The van der Waals surface area contributed by atoms with E-state index in [2.05, 4.69) is 10.6 Å². The van der Waals surface area contributed by atoms with Crippen LogP contribution in [0.5, 0.6) is 0 Å². The van der Waals surface area contributed by atoms with Gasteiger partial charge in [0.1, 0.15) is 5.82 Å². The van der Waals surface area contributed by atoms with Gasteiger partial charge in [-0.3, -0.25) is 10.1 Å². The third-order valence-corrected chi connectivity index (χ3v) is 3.61. The van der Waals surface area contributed by atoms with Crippen LogP contribution in [0.3, 0.4) is 0 Å². The lowest BCUT2D eigenvalue weighted by atomic mass is 9.96. The van der Waals surface area contributed by atoms with Crippen LogP contribution in [0.15, 0.2) is 24.3 Å². The van der Waals surface area contributed by atoms with E-state index in [0.29, 0.717) is 0 Å². The molecule has 2 N–H and O–H groups in total. The molecule has 6 nitrogen and oxygen atoms in total. The second-order valence-corrected chi connectivity index (χ2v) is 5.44. The number of urea groups is 1. The molecule has 1 aromatic rings. The van der Waals surface area contributed by atoms with Crippen molar-refractivity contribution in [2.24, 2.45) is 0 Å². The Labute approximate surface area is 133 Å². The zero-order valence-electron chi connectivity index (χ0n) is 12.6. The molecular formula is C16H19FN2O4. The van der Waals surface area contributed by atoms with E-state index in [9.17, 15) is 18.8 Å². The van der Waals surface area contributed by atoms with Gasteiger partial charge in [-0.25, -0.2) is 14.0 Å². The first-order chi connectivity index (χ1) is 11.0. The molecule has 0 bridgehead atoms. The number of hydrogen-bond acceptors (Lipinski definition) is 4. The molecule has 1 aliphatic carbocycles. The molecule has 0 radical (unpaired) electrons. The number of benzene rings is 1. The summed E-state index contributed by atoms with van der Waals surface area (Å²) in [5.74, 6) is -1.94. The van der Waals surface area contributed by atoms with Crippen LogP contribution in [0.2, 0.25) is 0 Å². The smallest absolute Gasteiger partial charge is 0.338 e. The molecule has 1 saturated carbocycles. The van der Waals surface area contributed by atoms with E-state index >= 15 is 0 Å². The molecule has 124 valence electrons. The van der Waals surface area contributed by atoms with Crippen molar-refractivity contribution in [2.45, 2.75) is 38.1 Å².